The number of nitrogens with one attached hydrogen (secondary N) is 1. The Kier molecular flexibility index (Phi) is 5.41. The Bertz CT molecular complexity index is 275. The summed E-state index contributed by atoms with van der Waals surface area (Å²) in [4.78, 5) is 25.4. The third kappa shape index (κ3) is 4.00. The number of hydrogen-bond donors (Lipinski definition) is 1. The van der Waals surface area contributed by atoms with Gasteiger partial charge in [0.1, 0.15) is 0 Å². The molecule has 0 aromatic heterocycles. The van der Waals surface area contributed by atoms with E-state index in [2.05, 4.69) is 24.2 Å². The number of carbonyl (C=O) groups excluding carboxylic acids is 2. The topological polar surface area (TPSA) is 52.7 Å². The molecule has 0 spiro atoms. The summed E-state index contributed by atoms with van der Waals surface area (Å²) < 4.78 is 0. The molecule has 5 nitrogen and oxygen atoms in total. The van der Waals surface area contributed by atoms with Gasteiger partial charge in [-0.25, -0.2) is 5.01 Å². The van der Waals surface area contributed by atoms with Gasteiger partial charge in [-0.2, -0.15) is 0 Å². The zero-order valence-electron chi connectivity index (χ0n) is 11.0. The highest BCUT2D eigenvalue weighted by atomic mass is 16.2. The Labute approximate surface area is 103 Å². The van der Waals surface area contributed by atoms with Crippen LogP contribution in [0.1, 0.15) is 40.0 Å². The van der Waals surface area contributed by atoms with E-state index < -0.39 is 0 Å². The van der Waals surface area contributed by atoms with Crippen LogP contribution in [-0.2, 0) is 9.59 Å². The molecule has 0 radical (unpaired) electrons. The summed E-state index contributed by atoms with van der Waals surface area (Å²) in [5.41, 5.74) is 2.61. The first-order chi connectivity index (χ1) is 8.08. The van der Waals surface area contributed by atoms with Crippen LogP contribution >= 0.6 is 0 Å². The molecule has 0 aliphatic carbocycles. The lowest BCUT2D eigenvalue weighted by Crippen LogP contribution is -2.47. The van der Waals surface area contributed by atoms with Crippen molar-refractivity contribution in [1.82, 2.24) is 15.3 Å². The highest BCUT2D eigenvalue weighted by Crippen LogP contribution is 2.09. The van der Waals surface area contributed by atoms with Crippen molar-refractivity contribution in [3.05, 3.63) is 0 Å². The summed E-state index contributed by atoms with van der Waals surface area (Å²) in [5.74, 6) is -0.0753. The predicted octanol–water partition coefficient (Wildman–Crippen LogP) is 0.760. The van der Waals surface area contributed by atoms with E-state index in [-0.39, 0.29) is 17.9 Å². The average molecular weight is 241 g/mol. The molecular weight excluding hydrogens is 218 g/mol. The van der Waals surface area contributed by atoms with Gasteiger partial charge < -0.3 is 0 Å². The zero-order valence-corrected chi connectivity index (χ0v) is 11.0. The van der Waals surface area contributed by atoms with Gasteiger partial charge in [0.15, 0.2) is 0 Å². The third-order valence-electron chi connectivity index (χ3n) is 2.87. The molecule has 1 saturated heterocycles. The lowest BCUT2D eigenvalue weighted by atomic mass is 10.2. The van der Waals surface area contributed by atoms with E-state index in [0.29, 0.717) is 13.0 Å². The Morgan fingerprint density at radius 2 is 2.00 bits per heavy atom. The van der Waals surface area contributed by atoms with Crippen molar-refractivity contribution >= 4 is 11.8 Å². The van der Waals surface area contributed by atoms with Gasteiger partial charge in [0.25, 0.3) is 5.91 Å². The van der Waals surface area contributed by atoms with Crippen molar-refractivity contribution in [3.8, 4) is 0 Å². The van der Waals surface area contributed by atoms with Gasteiger partial charge in [-0.3, -0.25) is 19.9 Å². The normalized spacial score (nSPS) is 19.9. The molecule has 0 unspecified atom stereocenters. The molecule has 1 N–H and O–H groups in total. The predicted molar refractivity (Wildman–Crippen MR) is 66.1 cm³/mol. The molecule has 17 heavy (non-hydrogen) atoms. The lowest BCUT2D eigenvalue weighted by Gasteiger charge is -2.25. The fourth-order valence-electron chi connectivity index (χ4n) is 2.13. The zero-order chi connectivity index (χ0) is 12.8. The van der Waals surface area contributed by atoms with Gasteiger partial charge in [0.2, 0.25) is 5.91 Å². The van der Waals surface area contributed by atoms with Crippen molar-refractivity contribution in [1.29, 1.82) is 0 Å². The lowest BCUT2D eigenvalue weighted by molar-refractivity contribution is -0.138. The first-order valence-electron chi connectivity index (χ1n) is 6.42. The Morgan fingerprint density at radius 1 is 1.41 bits per heavy atom. The molecule has 1 atom stereocenters. The fourth-order valence-corrected chi connectivity index (χ4v) is 2.13. The van der Waals surface area contributed by atoms with Crippen molar-refractivity contribution in [2.24, 2.45) is 0 Å². The summed E-state index contributed by atoms with van der Waals surface area (Å²) in [6.07, 6.45) is 2.48. The quantitative estimate of drug-likeness (QED) is 0.747. The maximum atomic E-state index is 12.0. The number of carbonyl (C=O) groups is 2. The summed E-state index contributed by atoms with van der Waals surface area (Å²) in [6.45, 7) is 8.35. The Morgan fingerprint density at radius 3 is 2.41 bits per heavy atom. The Hall–Kier alpha value is -1.10. The van der Waals surface area contributed by atoms with Crippen LogP contribution in [0.25, 0.3) is 0 Å². The molecule has 1 aliphatic heterocycles. The third-order valence-corrected chi connectivity index (χ3v) is 2.87. The van der Waals surface area contributed by atoms with E-state index in [1.807, 2.05) is 6.92 Å². The van der Waals surface area contributed by atoms with Crippen LogP contribution in [0.3, 0.4) is 0 Å². The first kappa shape index (κ1) is 14.0. The highest BCUT2D eigenvalue weighted by molar-refractivity contribution is 5.86. The molecule has 1 aliphatic rings. The first-order valence-corrected chi connectivity index (χ1v) is 6.42. The maximum Gasteiger partial charge on any atom is 0.255 e. The SMILES string of the molecule is CCCN(CCC)CC(=O)N1NC(=O)C[C@H]1C. The number of hydrogen-bond acceptors (Lipinski definition) is 3. The van der Waals surface area contributed by atoms with Crippen molar-refractivity contribution in [2.75, 3.05) is 19.6 Å². The van der Waals surface area contributed by atoms with Crippen LogP contribution in [0.4, 0.5) is 0 Å². The van der Waals surface area contributed by atoms with Crippen LogP contribution in [-0.4, -0.2) is 47.4 Å². The minimum Gasteiger partial charge on any atom is -0.294 e. The summed E-state index contributed by atoms with van der Waals surface area (Å²) in [6, 6.07) is -0.0277. The van der Waals surface area contributed by atoms with Crippen LogP contribution < -0.4 is 5.43 Å². The summed E-state index contributed by atoms with van der Waals surface area (Å²) >= 11 is 0. The standard InChI is InChI=1S/C12H23N3O2/c1-4-6-14(7-5-2)9-12(17)15-10(3)8-11(16)13-15/h10H,4-9H2,1-3H3,(H,13,16)/t10-/m1/s1. The van der Waals surface area contributed by atoms with Gasteiger partial charge >= 0.3 is 0 Å². The van der Waals surface area contributed by atoms with E-state index in [1.54, 1.807) is 0 Å². The van der Waals surface area contributed by atoms with Crippen LogP contribution in [0.5, 0.6) is 0 Å². The van der Waals surface area contributed by atoms with Gasteiger partial charge in [-0.1, -0.05) is 13.8 Å². The van der Waals surface area contributed by atoms with Crippen LogP contribution in [0.15, 0.2) is 0 Å². The minimum absolute atomic E-state index is 0.00903. The summed E-state index contributed by atoms with van der Waals surface area (Å²) in [5, 5.41) is 1.47. The molecule has 0 saturated carbocycles. The van der Waals surface area contributed by atoms with E-state index in [4.69, 9.17) is 0 Å². The maximum absolute atomic E-state index is 12.0. The molecule has 0 aromatic rings. The van der Waals surface area contributed by atoms with Gasteiger partial charge in [0.05, 0.1) is 19.0 Å². The molecule has 1 rings (SSSR count). The second-order valence-corrected chi connectivity index (χ2v) is 4.63. The fraction of sp³-hybridized carbons (Fsp3) is 0.833. The second-order valence-electron chi connectivity index (χ2n) is 4.63. The van der Waals surface area contributed by atoms with E-state index in [0.717, 1.165) is 25.9 Å². The molecule has 0 bridgehead atoms. The minimum atomic E-state index is -0.0663. The molecule has 5 heteroatoms. The van der Waals surface area contributed by atoms with Gasteiger partial charge in [0, 0.05) is 0 Å². The van der Waals surface area contributed by atoms with E-state index in [1.165, 1.54) is 5.01 Å². The van der Waals surface area contributed by atoms with Crippen molar-refractivity contribution in [2.45, 2.75) is 46.1 Å². The Balaban J connectivity index is 2.48. The molecule has 0 aromatic carbocycles. The van der Waals surface area contributed by atoms with Crippen LogP contribution in [0, 0.1) is 0 Å². The molecule has 1 fully saturated rings. The van der Waals surface area contributed by atoms with Crippen LogP contribution in [0.2, 0.25) is 0 Å². The number of rotatable bonds is 6. The molecular formula is C12H23N3O2. The number of hydrazine groups is 1. The second kappa shape index (κ2) is 6.59. The molecule has 98 valence electrons. The highest BCUT2D eigenvalue weighted by Gasteiger charge is 2.30. The molecule has 1 heterocycles. The largest absolute Gasteiger partial charge is 0.294 e. The summed E-state index contributed by atoms with van der Waals surface area (Å²) in [7, 11) is 0. The molecule has 2 amide bonds. The van der Waals surface area contributed by atoms with Crippen molar-refractivity contribution in [3.63, 3.8) is 0 Å². The van der Waals surface area contributed by atoms with E-state index in [9.17, 15) is 9.59 Å². The smallest absolute Gasteiger partial charge is 0.255 e. The van der Waals surface area contributed by atoms with Gasteiger partial charge in [-0.15, -0.1) is 0 Å². The van der Waals surface area contributed by atoms with Crippen molar-refractivity contribution < 1.29 is 9.59 Å². The van der Waals surface area contributed by atoms with Gasteiger partial charge in [-0.05, 0) is 32.9 Å². The monoisotopic (exact) mass is 241 g/mol. The average Bonchev–Trinajstić information content (AvgIpc) is 2.58. The van der Waals surface area contributed by atoms with E-state index >= 15 is 0 Å². The number of amides is 2. The number of nitrogens with zero attached hydrogens (tertiary/aromatic N) is 2.